The molecule has 19 heavy (non-hydrogen) atoms. The van der Waals surface area contributed by atoms with Gasteiger partial charge in [-0.15, -0.1) is 11.3 Å². The molecule has 6 heteroatoms. The van der Waals surface area contributed by atoms with Crippen LogP contribution in [0.5, 0.6) is 0 Å². The molecule has 0 bridgehead atoms. The maximum absolute atomic E-state index is 12.3. The Labute approximate surface area is 129 Å². The molecule has 0 atom stereocenters. The lowest BCUT2D eigenvalue weighted by molar-refractivity contribution is 0.0786. The number of nitrogens with zero attached hydrogens (tertiary/aromatic N) is 2. The first-order chi connectivity index (χ1) is 8.97. The molecule has 0 saturated heterocycles. The summed E-state index contributed by atoms with van der Waals surface area (Å²) in [5.74, 6) is -0.0997. The maximum atomic E-state index is 12.3. The number of aryl methyl sites for hydroxylation is 1. The highest BCUT2D eigenvalue weighted by Crippen LogP contribution is 2.23. The first-order valence-electron chi connectivity index (χ1n) is 5.59. The topological polar surface area (TPSA) is 33.2 Å². The normalized spacial score (nSPS) is 10.5. The van der Waals surface area contributed by atoms with Crippen molar-refractivity contribution >= 4 is 44.8 Å². The summed E-state index contributed by atoms with van der Waals surface area (Å²) in [6.07, 6.45) is 1.80. The molecule has 0 unspecified atom stereocenters. The van der Waals surface area contributed by atoms with Crippen molar-refractivity contribution in [2.45, 2.75) is 13.5 Å². The Morgan fingerprint density at radius 2 is 2.26 bits per heavy atom. The lowest BCUT2D eigenvalue weighted by atomic mass is 10.2. The fourth-order valence-corrected chi connectivity index (χ4v) is 3.06. The average Bonchev–Trinajstić information content (AvgIpc) is 2.77. The lowest BCUT2D eigenvalue weighted by Gasteiger charge is -2.17. The molecular formula is C13H12BrClN2OS. The van der Waals surface area contributed by atoms with Gasteiger partial charge in [0.25, 0.3) is 5.91 Å². The maximum Gasteiger partial charge on any atom is 0.255 e. The van der Waals surface area contributed by atoms with Gasteiger partial charge in [-0.25, -0.2) is 4.98 Å². The van der Waals surface area contributed by atoms with Crippen molar-refractivity contribution in [1.82, 2.24) is 9.88 Å². The molecule has 2 rings (SSSR count). The van der Waals surface area contributed by atoms with Crippen LogP contribution in [-0.4, -0.2) is 22.8 Å². The molecule has 0 N–H and O–H groups in total. The zero-order valence-corrected chi connectivity index (χ0v) is 13.6. The minimum atomic E-state index is -0.0997. The van der Waals surface area contributed by atoms with Gasteiger partial charge in [0.15, 0.2) is 0 Å². The molecule has 3 nitrogen and oxygen atoms in total. The third-order valence-electron chi connectivity index (χ3n) is 2.57. The number of amides is 1. The summed E-state index contributed by atoms with van der Waals surface area (Å²) < 4.78 is 0.835. The van der Waals surface area contributed by atoms with Crippen molar-refractivity contribution in [1.29, 1.82) is 0 Å². The predicted octanol–water partition coefficient (Wildman–Crippen LogP) is 4.14. The largest absolute Gasteiger partial charge is 0.336 e. The van der Waals surface area contributed by atoms with E-state index in [1.807, 2.05) is 13.0 Å². The third-order valence-corrected chi connectivity index (χ3v) is 4.29. The van der Waals surface area contributed by atoms with E-state index >= 15 is 0 Å². The van der Waals surface area contributed by atoms with Crippen LogP contribution < -0.4 is 0 Å². The Hall–Kier alpha value is -0.910. The summed E-state index contributed by atoms with van der Waals surface area (Å²) in [5.41, 5.74) is 0.500. The standard InChI is InChI=1S/C13H12BrClN2OS/c1-8-16-6-10(19-8)7-17(2)13(18)11-5-9(14)3-4-12(11)15/h3-6H,7H2,1-2H3. The van der Waals surface area contributed by atoms with Crippen LogP contribution in [0.1, 0.15) is 20.2 Å². The Kier molecular flexibility index (Phi) is 4.60. The highest BCUT2D eigenvalue weighted by atomic mass is 79.9. The lowest BCUT2D eigenvalue weighted by Crippen LogP contribution is -2.26. The van der Waals surface area contributed by atoms with Gasteiger partial charge in [-0.3, -0.25) is 4.79 Å². The first kappa shape index (κ1) is 14.5. The molecule has 1 heterocycles. The van der Waals surface area contributed by atoms with Gasteiger partial charge in [-0.05, 0) is 25.1 Å². The van der Waals surface area contributed by atoms with Crippen LogP contribution in [0.15, 0.2) is 28.9 Å². The van der Waals surface area contributed by atoms with Crippen molar-refractivity contribution in [3.63, 3.8) is 0 Å². The molecule has 0 aliphatic heterocycles. The second-order valence-corrected chi connectivity index (χ2v) is 6.77. The Morgan fingerprint density at radius 3 is 2.89 bits per heavy atom. The number of carbonyl (C=O) groups excluding carboxylic acids is 1. The number of benzene rings is 1. The van der Waals surface area contributed by atoms with Gasteiger partial charge in [0, 0.05) is 22.6 Å². The van der Waals surface area contributed by atoms with E-state index in [2.05, 4.69) is 20.9 Å². The van der Waals surface area contributed by atoms with E-state index in [9.17, 15) is 4.79 Å². The van der Waals surface area contributed by atoms with Crippen LogP contribution in [0, 0.1) is 6.92 Å². The molecule has 0 radical (unpaired) electrons. The Balaban J connectivity index is 2.16. The highest BCUT2D eigenvalue weighted by Gasteiger charge is 2.16. The first-order valence-corrected chi connectivity index (χ1v) is 7.58. The number of halogens is 2. The van der Waals surface area contributed by atoms with Crippen molar-refractivity contribution in [2.75, 3.05) is 7.05 Å². The van der Waals surface area contributed by atoms with E-state index in [0.717, 1.165) is 14.4 Å². The van der Waals surface area contributed by atoms with Gasteiger partial charge in [0.1, 0.15) is 0 Å². The van der Waals surface area contributed by atoms with Crippen molar-refractivity contribution in [3.05, 3.63) is 49.3 Å². The fraction of sp³-hybridized carbons (Fsp3) is 0.231. The molecule has 0 spiro atoms. The second-order valence-electron chi connectivity index (χ2n) is 4.13. The Morgan fingerprint density at radius 1 is 1.53 bits per heavy atom. The third kappa shape index (κ3) is 3.55. The van der Waals surface area contributed by atoms with Crippen LogP contribution in [0.2, 0.25) is 5.02 Å². The van der Waals surface area contributed by atoms with E-state index in [-0.39, 0.29) is 5.91 Å². The van der Waals surface area contributed by atoms with Crippen LogP contribution in [0.25, 0.3) is 0 Å². The summed E-state index contributed by atoms with van der Waals surface area (Å²) in [6, 6.07) is 5.26. The minimum absolute atomic E-state index is 0.0997. The van der Waals surface area contributed by atoms with E-state index in [0.29, 0.717) is 17.1 Å². The van der Waals surface area contributed by atoms with Gasteiger partial charge >= 0.3 is 0 Å². The van der Waals surface area contributed by atoms with E-state index in [1.165, 1.54) is 0 Å². The van der Waals surface area contributed by atoms with Gasteiger partial charge in [0.2, 0.25) is 0 Å². The summed E-state index contributed by atoms with van der Waals surface area (Å²) in [5, 5.41) is 1.46. The summed E-state index contributed by atoms with van der Waals surface area (Å²) in [4.78, 5) is 19.2. The van der Waals surface area contributed by atoms with E-state index in [4.69, 9.17) is 11.6 Å². The molecule has 0 saturated carbocycles. The van der Waals surface area contributed by atoms with Gasteiger partial charge in [-0.2, -0.15) is 0 Å². The number of hydrogen-bond donors (Lipinski definition) is 0. The van der Waals surface area contributed by atoms with Crippen molar-refractivity contribution in [2.24, 2.45) is 0 Å². The molecule has 1 aromatic heterocycles. The molecule has 0 aliphatic rings. The SMILES string of the molecule is Cc1ncc(CN(C)C(=O)c2cc(Br)ccc2Cl)s1. The number of aromatic nitrogens is 1. The monoisotopic (exact) mass is 358 g/mol. The van der Waals surface area contributed by atoms with Crippen LogP contribution in [-0.2, 0) is 6.54 Å². The van der Waals surface area contributed by atoms with Crippen LogP contribution in [0.4, 0.5) is 0 Å². The van der Waals surface area contributed by atoms with Gasteiger partial charge < -0.3 is 4.90 Å². The fourth-order valence-electron chi connectivity index (χ4n) is 1.65. The zero-order chi connectivity index (χ0) is 14.0. The van der Waals surface area contributed by atoms with Crippen molar-refractivity contribution in [3.8, 4) is 0 Å². The average molecular weight is 360 g/mol. The number of thiazole rings is 1. The molecule has 2 aromatic rings. The highest BCUT2D eigenvalue weighted by molar-refractivity contribution is 9.10. The molecule has 100 valence electrons. The molecule has 0 fully saturated rings. The molecule has 1 amide bonds. The summed E-state index contributed by atoms with van der Waals surface area (Å²) in [6.45, 7) is 2.48. The van der Waals surface area contributed by atoms with Crippen LogP contribution >= 0.6 is 38.9 Å². The number of rotatable bonds is 3. The molecule has 1 aromatic carbocycles. The minimum Gasteiger partial charge on any atom is -0.336 e. The predicted molar refractivity (Wildman–Crippen MR) is 81.8 cm³/mol. The van der Waals surface area contributed by atoms with Gasteiger partial charge in [-0.1, -0.05) is 27.5 Å². The molecular weight excluding hydrogens is 348 g/mol. The van der Waals surface area contributed by atoms with E-state index in [1.54, 1.807) is 41.6 Å². The number of hydrogen-bond acceptors (Lipinski definition) is 3. The summed E-state index contributed by atoms with van der Waals surface area (Å²) in [7, 11) is 1.76. The zero-order valence-electron chi connectivity index (χ0n) is 10.5. The summed E-state index contributed by atoms with van der Waals surface area (Å²) >= 11 is 11.0. The Bertz CT molecular complexity index is 614. The van der Waals surface area contributed by atoms with Crippen LogP contribution in [0.3, 0.4) is 0 Å². The second kappa shape index (κ2) is 6.03. The smallest absolute Gasteiger partial charge is 0.255 e. The van der Waals surface area contributed by atoms with Gasteiger partial charge in [0.05, 0.1) is 22.1 Å². The quantitative estimate of drug-likeness (QED) is 0.825. The molecule has 0 aliphatic carbocycles. The number of carbonyl (C=O) groups is 1. The van der Waals surface area contributed by atoms with E-state index < -0.39 is 0 Å². The van der Waals surface area contributed by atoms with Crippen molar-refractivity contribution < 1.29 is 4.79 Å².